The highest BCUT2D eigenvalue weighted by atomic mass is 19.1. The fraction of sp³-hybridized carbons (Fsp3) is 0.357. The van der Waals surface area contributed by atoms with Crippen LogP contribution in [-0.4, -0.2) is 137 Å². The van der Waals surface area contributed by atoms with Crippen molar-refractivity contribution in [2.24, 2.45) is 35.0 Å². The number of piperidine rings is 3. The molecule has 15 rings (SSSR count). The van der Waals surface area contributed by atoms with Gasteiger partial charge in [0.05, 0.1) is 37.5 Å². The van der Waals surface area contributed by atoms with Crippen LogP contribution >= 0.6 is 0 Å². The van der Waals surface area contributed by atoms with Crippen molar-refractivity contribution < 1.29 is 41.9 Å². The van der Waals surface area contributed by atoms with Gasteiger partial charge in [-0.25, -0.2) is 13.2 Å². The highest BCUT2D eigenvalue weighted by Gasteiger charge is 2.50. The third kappa shape index (κ3) is 17.8. The van der Waals surface area contributed by atoms with Gasteiger partial charge in [0.15, 0.2) is 17.5 Å². The number of carbonyl (C=O) groups is 6. The van der Waals surface area contributed by atoms with Crippen LogP contribution in [0, 0.1) is 51.7 Å². The molecule has 0 bridgehead atoms. The number of aromatic nitrogens is 6. The van der Waals surface area contributed by atoms with E-state index in [0.29, 0.717) is 58.5 Å². The SMILES string of the molecule is N#CC[C@@]1(n2cc(C(N)=O)c(NC(=O)C3CC3)n2)CCN(Cc2ccc(-c3ccccc3)cc2)C[C@@H]1F.N#CC[C@]1(n2cc(C(N)=O)c(NC(=O)C3CC3)n2)CCN(Cc2ccc(-c3ccccc3)cc2)C[C@@H]1F.N#CC[C@]1(n2cc(C(N)=O)c(NC(=O)C3CC3)n2)CCN(Cc2ccc(-c3ccccc3)cc2)C[C@H]1F. The second-order valence-corrected chi connectivity index (χ2v) is 29.8. The summed E-state index contributed by atoms with van der Waals surface area (Å²) in [6.45, 7) is 3.67. The predicted molar refractivity (Wildman–Crippen MR) is 411 cm³/mol. The largest absolute Gasteiger partial charge is 0.365 e. The van der Waals surface area contributed by atoms with Gasteiger partial charge < -0.3 is 33.2 Å². The van der Waals surface area contributed by atoms with E-state index < -0.39 is 52.9 Å². The van der Waals surface area contributed by atoms with Crippen molar-refractivity contribution in [3.63, 3.8) is 0 Å². The van der Waals surface area contributed by atoms with E-state index in [1.165, 1.54) is 32.6 Å². The Bertz CT molecular complexity index is 4480. The lowest BCUT2D eigenvalue weighted by Crippen LogP contribution is -2.54. The molecule has 6 atom stereocenters. The van der Waals surface area contributed by atoms with Crippen LogP contribution in [0.5, 0.6) is 0 Å². The zero-order valence-corrected chi connectivity index (χ0v) is 61.3. The van der Waals surface area contributed by atoms with Gasteiger partial charge in [-0.05, 0) is 108 Å². The fourth-order valence-corrected chi connectivity index (χ4v) is 14.8. The minimum absolute atomic E-state index is 0.0134. The van der Waals surface area contributed by atoms with Crippen LogP contribution in [-0.2, 0) is 50.6 Å². The minimum atomic E-state index is -1.42. The van der Waals surface area contributed by atoms with Gasteiger partial charge in [0.25, 0.3) is 17.7 Å². The number of primary amides is 3. The zero-order valence-electron chi connectivity index (χ0n) is 61.3. The number of hydrogen-bond donors (Lipinski definition) is 6. The zero-order chi connectivity index (χ0) is 78.0. The molecule has 3 saturated carbocycles. The number of nitrogens with two attached hydrogens (primary N) is 3. The second-order valence-electron chi connectivity index (χ2n) is 29.8. The molecule has 6 fully saturated rings. The number of anilines is 3. The molecule has 3 aliphatic heterocycles. The Morgan fingerprint density at radius 2 is 0.613 bits per heavy atom. The van der Waals surface area contributed by atoms with Crippen LogP contribution in [0.1, 0.15) is 125 Å². The molecule has 24 nitrogen and oxygen atoms in total. The summed E-state index contributed by atoms with van der Waals surface area (Å²) < 4.78 is 51.7. The van der Waals surface area contributed by atoms with Crippen LogP contribution in [0.3, 0.4) is 0 Å². The average molecular weight is 1500 g/mol. The number of amides is 6. The van der Waals surface area contributed by atoms with Gasteiger partial charge in [-0.15, -0.1) is 0 Å². The molecule has 6 aromatic carbocycles. The first-order chi connectivity index (χ1) is 53.7. The number of rotatable bonds is 24. The summed E-state index contributed by atoms with van der Waals surface area (Å²) in [5.41, 5.74) is 22.8. The van der Waals surface area contributed by atoms with E-state index in [1.807, 2.05) is 106 Å². The third-order valence-corrected chi connectivity index (χ3v) is 22.0. The molecule has 6 amide bonds. The van der Waals surface area contributed by atoms with Gasteiger partial charge in [0, 0.05) is 95.2 Å². The Morgan fingerprint density at radius 1 is 0.378 bits per heavy atom. The summed E-state index contributed by atoms with van der Waals surface area (Å²) in [7, 11) is 0. The van der Waals surface area contributed by atoms with Crippen molar-refractivity contribution >= 4 is 52.9 Å². The van der Waals surface area contributed by atoms with E-state index in [2.05, 4.69) is 122 Å². The Balaban J connectivity index is 0.000000146. The van der Waals surface area contributed by atoms with E-state index in [1.54, 1.807) is 0 Å². The van der Waals surface area contributed by atoms with Crippen molar-refractivity contribution in [2.75, 3.05) is 55.2 Å². The van der Waals surface area contributed by atoms with Crippen molar-refractivity contribution in [3.8, 4) is 51.6 Å². The molecule has 3 saturated heterocycles. The molecule has 6 aliphatic rings. The van der Waals surface area contributed by atoms with Gasteiger partial charge in [-0.1, -0.05) is 164 Å². The number of alkyl halides is 3. The number of nitrogens with one attached hydrogen (secondary N) is 3. The molecule has 0 unspecified atom stereocenters. The summed E-state index contributed by atoms with van der Waals surface area (Å²) in [5, 5.41) is 49.8. The van der Waals surface area contributed by atoms with Crippen LogP contribution in [0.2, 0.25) is 0 Å². The second kappa shape index (κ2) is 33.8. The summed E-state index contributed by atoms with van der Waals surface area (Å²) in [4.78, 5) is 79.0. The van der Waals surface area contributed by atoms with Gasteiger partial charge in [0.1, 0.15) is 51.8 Å². The Hall–Kier alpha value is -12.1. The molecule has 3 aromatic heterocycles. The van der Waals surface area contributed by atoms with E-state index in [-0.39, 0.29) is 109 Å². The van der Waals surface area contributed by atoms with Crippen LogP contribution in [0.4, 0.5) is 30.6 Å². The number of nitrogens with zero attached hydrogens (tertiary/aromatic N) is 12. The molecule has 9 N–H and O–H groups in total. The van der Waals surface area contributed by atoms with Gasteiger partial charge >= 0.3 is 0 Å². The van der Waals surface area contributed by atoms with Crippen LogP contribution in [0.25, 0.3) is 33.4 Å². The number of halogens is 3. The van der Waals surface area contributed by atoms with E-state index in [9.17, 15) is 44.6 Å². The monoisotopic (exact) mass is 1500 g/mol. The summed E-state index contributed by atoms with van der Waals surface area (Å²) in [5.74, 6) is -3.22. The fourth-order valence-electron chi connectivity index (χ4n) is 14.8. The molecule has 27 heteroatoms. The quantitative estimate of drug-likeness (QED) is 0.0327. The summed E-state index contributed by atoms with van der Waals surface area (Å²) >= 11 is 0. The number of carbonyl (C=O) groups excluding carboxylic acids is 6. The first-order valence-corrected chi connectivity index (χ1v) is 37.4. The highest BCUT2D eigenvalue weighted by Crippen LogP contribution is 2.42. The molecule has 111 heavy (non-hydrogen) atoms. The first-order valence-electron chi connectivity index (χ1n) is 37.4. The molecule has 6 heterocycles. The number of hydrogen-bond acceptors (Lipinski definition) is 15. The van der Waals surface area contributed by atoms with Gasteiger partial charge in [-0.2, -0.15) is 31.1 Å². The lowest BCUT2D eigenvalue weighted by atomic mass is 9.83. The van der Waals surface area contributed by atoms with Gasteiger partial charge in [-0.3, -0.25) is 57.5 Å². The maximum absolute atomic E-state index is 15.9. The van der Waals surface area contributed by atoms with Crippen molar-refractivity contribution in [1.29, 1.82) is 15.8 Å². The summed E-state index contributed by atoms with van der Waals surface area (Å²) in [6.07, 6.45) is 5.15. The lowest BCUT2D eigenvalue weighted by Gasteiger charge is -2.43. The summed E-state index contributed by atoms with van der Waals surface area (Å²) in [6, 6.07) is 61.3. The van der Waals surface area contributed by atoms with Crippen molar-refractivity contribution in [2.45, 2.75) is 132 Å². The molecule has 9 aromatic rings. The molecule has 0 radical (unpaired) electrons. The molecule has 570 valence electrons. The normalized spacial score (nSPS) is 21.8. The van der Waals surface area contributed by atoms with Crippen molar-refractivity contribution in [3.05, 3.63) is 216 Å². The van der Waals surface area contributed by atoms with E-state index >= 15 is 13.2 Å². The topological polar surface area (TPSA) is 351 Å². The maximum Gasteiger partial charge on any atom is 0.254 e. The minimum Gasteiger partial charge on any atom is -0.365 e. The highest BCUT2D eigenvalue weighted by molar-refractivity contribution is 6.04. The maximum atomic E-state index is 15.9. The van der Waals surface area contributed by atoms with E-state index in [0.717, 1.165) is 88.6 Å². The lowest BCUT2D eigenvalue weighted by molar-refractivity contribution is -0.118. The number of nitriles is 3. The molecular weight excluding hydrogens is 1410 g/mol. The Morgan fingerprint density at radius 3 is 0.820 bits per heavy atom. The van der Waals surface area contributed by atoms with Crippen LogP contribution < -0.4 is 33.2 Å². The molecule has 0 spiro atoms. The standard InChI is InChI=1S/3C28H29FN6O2/c3*29-24-18-34(16-19-6-8-21(9-7-19)20-4-2-1-3-5-20)15-13-28(24,12-14-30)35-17-23(25(31)36)26(33-35)32-27(37)22-10-11-22/h3*1-9,17,22,24H,10-13,15-16,18H2,(H2,31,36)(H,32,33,37)/t2*24-,28+;24-,28-/m100/s1. The predicted octanol–water partition coefficient (Wildman–Crippen LogP) is 11.6. The first kappa shape index (κ1) is 77.1. The average Bonchev–Trinajstić information content (AvgIpc) is 1.73. The van der Waals surface area contributed by atoms with E-state index in [4.69, 9.17) is 17.2 Å². The Kier molecular flexibility index (Phi) is 23.5. The van der Waals surface area contributed by atoms with Crippen molar-refractivity contribution in [1.82, 2.24) is 44.0 Å². The molecular formula is C84H87F3N18O6. The molecule has 3 aliphatic carbocycles. The number of likely N-dealkylation sites (tertiary alicyclic amines) is 3. The Labute approximate surface area is 641 Å². The smallest absolute Gasteiger partial charge is 0.254 e. The number of benzene rings is 6. The van der Waals surface area contributed by atoms with Crippen LogP contribution in [0.15, 0.2) is 182 Å². The third-order valence-electron chi connectivity index (χ3n) is 22.0. The van der Waals surface area contributed by atoms with Gasteiger partial charge in [0.2, 0.25) is 17.7 Å².